The quantitative estimate of drug-likeness (QED) is 0.889. The van der Waals surface area contributed by atoms with E-state index in [1.807, 2.05) is 0 Å². The van der Waals surface area contributed by atoms with Crippen LogP contribution in [0.5, 0.6) is 0 Å². The molecule has 3 rings (SSSR count). The van der Waals surface area contributed by atoms with Crippen molar-refractivity contribution < 1.29 is 19.4 Å². The van der Waals surface area contributed by atoms with Crippen LogP contribution in [0.4, 0.5) is 0 Å². The van der Waals surface area contributed by atoms with E-state index >= 15 is 0 Å². The molecule has 3 heterocycles. The van der Waals surface area contributed by atoms with Gasteiger partial charge in [0.2, 0.25) is 0 Å². The monoisotopic (exact) mass is 334 g/mol. The number of amides is 1. The second kappa shape index (κ2) is 6.39. The second-order valence-electron chi connectivity index (χ2n) is 5.11. The Labute approximate surface area is 135 Å². The van der Waals surface area contributed by atoms with Crippen LogP contribution in [0.25, 0.3) is 10.7 Å². The lowest BCUT2D eigenvalue weighted by atomic mass is 10.2. The molecule has 0 aliphatic carbocycles. The van der Waals surface area contributed by atoms with Crippen LogP contribution < -0.4 is 0 Å². The number of nitrogens with zero attached hydrogens (tertiary/aromatic N) is 4. The number of thiazole rings is 1. The number of rotatable bonds is 3. The summed E-state index contributed by atoms with van der Waals surface area (Å²) in [7, 11) is 0. The zero-order valence-corrected chi connectivity index (χ0v) is 13.1. The van der Waals surface area contributed by atoms with Crippen LogP contribution in [-0.4, -0.2) is 62.1 Å². The maximum Gasteiger partial charge on any atom is 0.334 e. The topological polar surface area (TPSA) is 106 Å². The fourth-order valence-electron chi connectivity index (χ4n) is 2.31. The number of carboxylic acids is 1. The molecule has 1 unspecified atom stereocenters. The molecule has 1 aliphatic rings. The largest absolute Gasteiger partial charge is 0.479 e. The third kappa shape index (κ3) is 3.35. The van der Waals surface area contributed by atoms with E-state index in [0.717, 1.165) is 0 Å². The van der Waals surface area contributed by atoms with Gasteiger partial charge >= 0.3 is 5.97 Å². The summed E-state index contributed by atoms with van der Waals surface area (Å²) in [5.74, 6) is -1.38. The van der Waals surface area contributed by atoms with Gasteiger partial charge in [0.15, 0.2) is 6.10 Å². The minimum Gasteiger partial charge on any atom is -0.479 e. The Balaban J connectivity index is 1.78. The van der Waals surface area contributed by atoms with Crippen molar-refractivity contribution in [1.29, 1.82) is 0 Å². The summed E-state index contributed by atoms with van der Waals surface area (Å²) in [6, 6.07) is 0. The first-order chi connectivity index (χ1) is 11.0. The van der Waals surface area contributed by atoms with Gasteiger partial charge in [-0.05, 0) is 6.92 Å². The molecule has 2 aromatic heterocycles. The molecule has 2 atom stereocenters. The molecule has 9 heteroatoms. The Hall–Kier alpha value is -2.39. The minimum absolute atomic E-state index is 0.0104. The zero-order valence-electron chi connectivity index (χ0n) is 12.2. The van der Waals surface area contributed by atoms with Crippen LogP contribution in [0.2, 0.25) is 0 Å². The normalized spacial score (nSPS) is 21.2. The summed E-state index contributed by atoms with van der Waals surface area (Å²) >= 11 is 1.29. The summed E-state index contributed by atoms with van der Waals surface area (Å²) in [4.78, 5) is 37.5. The molecule has 0 radical (unpaired) electrons. The third-order valence-corrected chi connectivity index (χ3v) is 4.19. The average molecular weight is 334 g/mol. The number of aliphatic carboxylic acids is 1. The Bertz CT molecular complexity index is 721. The number of aromatic nitrogens is 3. The molecule has 120 valence electrons. The van der Waals surface area contributed by atoms with Crippen molar-refractivity contribution in [2.24, 2.45) is 0 Å². The highest BCUT2D eigenvalue weighted by Gasteiger charge is 2.33. The molecule has 1 N–H and O–H groups in total. The van der Waals surface area contributed by atoms with Gasteiger partial charge in [0, 0.05) is 24.3 Å². The molecule has 1 amide bonds. The van der Waals surface area contributed by atoms with Crippen LogP contribution in [-0.2, 0) is 9.53 Å². The van der Waals surface area contributed by atoms with Gasteiger partial charge in [0.25, 0.3) is 5.91 Å². The van der Waals surface area contributed by atoms with Crippen molar-refractivity contribution in [3.63, 3.8) is 0 Å². The molecule has 23 heavy (non-hydrogen) atoms. The summed E-state index contributed by atoms with van der Waals surface area (Å²) in [6.07, 6.45) is 3.33. The Kier molecular flexibility index (Phi) is 4.30. The first-order valence-corrected chi connectivity index (χ1v) is 7.82. The Morgan fingerprint density at radius 1 is 1.39 bits per heavy atom. The van der Waals surface area contributed by atoms with Crippen molar-refractivity contribution in [1.82, 2.24) is 19.9 Å². The van der Waals surface area contributed by atoms with Gasteiger partial charge in [-0.2, -0.15) is 0 Å². The number of carbonyl (C=O) groups excluding carboxylic acids is 1. The van der Waals surface area contributed by atoms with E-state index in [0.29, 0.717) is 17.2 Å². The highest BCUT2D eigenvalue weighted by molar-refractivity contribution is 7.13. The van der Waals surface area contributed by atoms with Crippen molar-refractivity contribution in [3.05, 3.63) is 29.7 Å². The molecule has 1 saturated heterocycles. The van der Waals surface area contributed by atoms with Crippen LogP contribution in [0, 0.1) is 0 Å². The van der Waals surface area contributed by atoms with Crippen molar-refractivity contribution in [2.45, 2.75) is 19.1 Å². The summed E-state index contributed by atoms with van der Waals surface area (Å²) in [5.41, 5.74) is 0.865. The van der Waals surface area contributed by atoms with Crippen LogP contribution in [0.3, 0.4) is 0 Å². The lowest BCUT2D eigenvalue weighted by Gasteiger charge is -2.34. The Morgan fingerprint density at radius 2 is 2.22 bits per heavy atom. The van der Waals surface area contributed by atoms with Crippen molar-refractivity contribution in [3.8, 4) is 10.7 Å². The first-order valence-electron chi connectivity index (χ1n) is 6.94. The van der Waals surface area contributed by atoms with E-state index in [4.69, 9.17) is 9.84 Å². The molecule has 0 bridgehead atoms. The smallest absolute Gasteiger partial charge is 0.334 e. The molecule has 2 aromatic rings. The van der Waals surface area contributed by atoms with E-state index in [2.05, 4.69) is 15.0 Å². The predicted octanol–water partition coefficient (Wildman–Crippen LogP) is 0.914. The van der Waals surface area contributed by atoms with Crippen LogP contribution >= 0.6 is 11.3 Å². The minimum atomic E-state index is -1.08. The zero-order chi connectivity index (χ0) is 16.4. The highest BCUT2D eigenvalue weighted by atomic mass is 32.1. The first kappa shape index (κ1) is 15.5. The SMILES string of the molecule is C[C@@H]1CN(C(=O)c2csc(-c3cnccn3)n2)CC(C(=O)O)O1. The van der Waals surface area contributed by atoms with Crippen LogP contribution in [0.1, 0.15) is 17.4 Å². The maximum atomic E-state index is 12.5. The Morgan fingerprint density at radius 3 is 2.91 bits per heavy atom. The average Bonchev–Trinajstić information content (AvgIpc) is 3.04. The van der Waals surface area contributed by atoms with Gasteiger partial charge in [-0.3, -0.25) is 14.8 Å². The van der Waals surface area contributed by atoms with Gasteiger partial charge in [0.05, 0.1) is 18.8 Å². The molecule has 1 aliphatic heterocycles. The van der Waals surface area contributed by atoms with E-state index in [-0.39, 0.29) is 24.2 Å². The fourth-order valence-corrected chi connectivity index (χ4v) is 3.07. The van der Waals surface area contributed by atoms with Gasteiger partial charge in [0.1, 0.15) is 16.4 Å². The standard InChI is InChI=1S/C14H14N4O4S/c1-8-5-18(6-11(22-8)14(20)21)13(19)10-7-23-12(17-10)9-4-15-2-3-16-9/h2-4,7-8,11H,5-6H2,1H3,(H,20,21)/t8-,11?/m1/s1. The highest BCUT2D eigenvalue weighted by Crippen LogP contribution is 2.22. The molecule has 0 aromatic carbocycles. The summed E-state index contributed by atoms with van der Waals surface area (Å²) in [6.45, 7) is 2.08. The second-order valence-corrected chi connectivity index (χ2v) is 5.97. The summed E-state index contributed by atoms with van der Waals surface area (Å²) in [5, 5.41) is 11.3. The van der Waals surface area contributed by atoms with Gasteiger partial charge < -0.3 is 14.7 Å². The fraction of sp³-hybridized carbons (Fsp3) is 0.357. The lowest BCUT2D eigenvalue weighted by Crippen LogP contribution is -2.51. The van der Waals surface area contributed by atoms with E-state index in [9.17, 15) is 9.59 Å². The molecule has 0 spiro atoms. The number of morpholine rings is 1. The molecule has 1 fully saturated rings. The number of carboxylic acid groups (broad SMARTS) is 1. The number of carbonyl (C=O) groups is 2. The maximum absolute atomic E-state index is 12.5. The molecular formula is C14H14N4O4S. The molecule has 0 saturated carbocycles. The summed E-state index contributed by atoms with van der Waals surface area (Å²) < 4.78 is 5.31. The van der Waals surface area contributed by atoms with Gasteiger partial charge in [-0.25, -0.2) is 9.78 Å². The predicted molar refractivity (Wildman–Crippen MR) is 81.0 cm³/mol. The van der Waals surface area contributed by atoms with Gasteiger partial charge in [-0.1, -0.05) is 0 Å². The van der Waals surface area contributed by atoms with Crippen molar-refractivity contribution in [2.75, 3.05) is 13.1 Å². The molecular weight excluding hydrogens is 320 g/mol. The molecule has 8 nitrogen and oxygen atoms in total. The number of hydrogen-bond donors (Lipinski definition) is 1. The third-order valence-electron chi connectivity index (χ3n) is 3.33. The van der Waals surface area contributed by atoms with E-state index in [1.165, 1.54) is 16.2 Å². The lowest BCUT2D eigenvalue weighted by molar-refractivity contribution is -0.160. The van der Waals surface area contributed by atoms with E-state index in [1.54, 1.807) is 30.9 Å². The van der Waals surface area contributed by atoms with Crippen LogP contribution in [0.15, 0.2) is 24.0 Å². The number of ether oxygens (including phenoxy) is 1. The van der Waals surface area contributed by atoms with Gasteiger partial charge in [-0.15, -0.1) is 11.3 Å². The number of hydrogen-bond acceptors (Lipinski definition) is 7. The van der Waals surface area contributed by atoms with Crippen molar-refractivity contribution >= 4 is 23.2 Å². The van der Waals surface area contributed by atoms with E-state index < -0.39 is 12.1 Å².